The van der Waals surface area contributed by atoms with Crippen LogP contribution in [-0.2, 0) is 9.53 Å². The lowest BCUT2D eigenvalue weighted by molar-refractivity contribution is -0.141. The third-order valence-electron chi connectivity index (χ3n) is 1.93. The molecule has 0 aromatic rings. The zero-order chi connectivity index (χ0) is 9.61. The van der Waals surface area contributed by atoms with Gasteiger partial charge >= 0.3 is 5.97 Å². The van der Waals surface area contributed by atoms with Crippen molar-refractivity contribution in [3.63, 3.8) is 0 Å². The molecule has 0 radical (unpaired) electrons. The molecule has 0 rings (SSSR count). The number of esters is 1. The van der Waals surface area contributed by atoms with Crippen LogP contribution in [0, 0.1) is 5.41 Å². The fourth-order valence-corrected chi connectivity index (χ4v) is 1.04. The van der Waals surface area contributed by atoms with Crippen molar-refractivity contribution in [2.45, 2.75) is 33.1 Å². The van der Waals surface area contributed by atoms with Gasteiger partial charge in [0.2, 0.25) is 0 Å². The molecule has 0 aromatic carbocycles. The van der Waals surface area contributed by atoms with Crippen LogP contribution in [0.15, 0.2) is 12.7 Å². The van der Waals surface area contributed by atoms with Gasteiger partial charge in [-0.15, -0.1) is 6.58 Å². The maximum atomic E-state index is 10.8. The summed E-state index contributed by atoms with van der Waals surface area (Å²) in [6.07, 6.45) is 4.17. The highest BCUT2D eigenvalue weighted by atomic mass is 16.5. The van der Waals surface area contributed by atoms with E-state index < -0.39 is 0 Å². The van der Waals surface area contributed by atoms with Crippen molar-refractivity contribution < 1.29 is 9.53 Å². The Kier molecular flexibility index (Phi) is 4.64. The largest absolute Gasteiger partial charge is 0.469 e. The Labute approximate surface area is 74.6 Å². The fraction of sp³-hybridized carbons (Fsp3) is 0.700. The first-order chi connectivity index (χ1) is 5.52. The molecule has 2 heteroatoms. The van der Waals surface area contributed by atoms with E-state index in [0.29, 0.717) is 6.42 Å². The Bertz CT molecular complexity index is 159. The van der Waals surface area contributed by atoms with E-state index in [-0.39, 0.29) is 11.4 Å². The predicted molar refractivity (Wildman–Crippen MR) is 49.8 cm³/mol. The second-order valence-electron chi connectivity index (χ2n) is 3.73. The summed E-state index contributed by atoms with van der Waals surface area (Å²) in [5.74, 6) is -0.132. The number of hydrogen-bond acceptors (Lipinski definition) is 2. The van der Waals surface area contributed by atoms with Gasteiger partial charge in [0.25, 0.3) is 0 Å². The summed E-state index contributed by atoms with van der Waals surface area (Å²) in [4.78, 5) is 10.8. The Hall–Kier alpha value is -0.790. The molecule has 0 aromatic heterocycles. The third-order valence-corrected chi connectivity index (χ3v) is 1.93. The minimum absolute atomic E-state index is 0.132. The standard InChI is InChI=1S/C10H18O2/c1-5-7-10(2,3)8-6-9(11)12-4/h5H,1,6-8H2,2-4H3. The molecule has 0 bridgehead atoms. The number of carbonyl (C=O) groups excluding carboxylic acids is 1. The summed E-state index contributed by atoms with van der Waals surface area (Å²) in [7, 11) is 1.42. The molecule has 0 saturated carbocycles. The average molecular weight is 170 g/mol. The SMILES string of the molecule is C=CCC(C)(C)CCC(=O)OC. The quantitative estimate of drug-likeness (QED) is 0.468. The molecule has 0 unspecified atom stereocenters. The van der Waals surface area contributed by atoms with Crippen molar-refractivity contribution in [3.8, 4) is 0 Å². The van der Waals surface area contributed by atoms with E-state index >= 15 is 0 Å². The van der Waals surface area contributed by atoms with Crippen molar-refractivity contribution >= 4 is 5.97 Å². The van der Waals surface area contributed by atoms with Crippen LogP contribution in [0.4, 0.5) is 0 Å². The molecule has 0 heterocycles. The van der Waals surface area contributed by atoms with Crippen LogP contribution < -0.4 is 0 Å². The molecule has 12 heavy (non-hydrogen) atoms. The van der Waals surface area contributed by atoms with Crippen LogP contribution in [0.3, 0.4) is 0 Å². The van der Waals surface area contributed by atoms with Gasteiger partial charge in [-0.25, -0.2) is 0 Å². The number of allylic oxidation sites excluding steroid dienone is 1. The molecule has 0 aliphatic heterocycles. The van der Waals surface area contributed by atoms with Crippen molar-refractivity contribution in [2.24, 2.45) is 5.41 Å². The van der Waals surface area contributed by atoms with E-state index in [4.69, 9.17) is 0 Å². The van der Waals surface area contributed by atoms with Crippen LogP contribution in [0.5, 0.6) is 0 Å². The molecule has 0 spiro atoms. The van der Waals surface area contributed by atoms with Gasteiger partial charge in [-0.2, -0.15) is 0 Å². The smallest absolute Gasteiger partial charge is 0.305 e. The maximum Gasteiger partial charge on any atom is 0.305 e. The van der Waals surface area contributed by atoms with Crippen LogP contribution in [-0.4, -0.2) is 13.1 Å². The molecular weight excluding hydrogens is 152 g/mol. The van der Waals surface area contributed by atoms with E-state index in [1.807, 2.05) is 6.08 Å². The number of hydrogen-bond donors (Lipinski definition) is 0. The van der Waals surface area contributed by atoms with Crippen molar-refractivity contribution in [3.05, 3.63) is 12.7 Å². The highest BCUT2D eigenvalue weighted by Crippen LogP contribution is 2.26. The van der Waals surface area contributed by atoms with E-state index in [1.165, 1.54) is 7.11 Å². The zero-order valence-electron chi connectivity index (χ0n) is 8.22. The molecule has 0 atom stereocenters. The van der Waals surface area contributed by atoms with Crippen molar-refractivity contribution in [1.29, 1.82) is 0 Å². The molecule has 0 fully saturated rings. The third kappa shape index (κ3) is 4.94. The first-order valence-corrected chi connectivity index (χ1v) is 4.19. The summed E-state index contributed by atoms with van der Waals surface area (Å²) < 4.78 is 4.56. The first-order valence-electron chi connectivity index (χ1n) is 4.19. The van der Waals surface area contributed by atoms with Gasteiger partial charge in [0.15, 0.2) is 0 Å². The summed E-state index contributed by atoms with van der Waals surface area (Å²) in [5.41, 5.74) is 0.163. The summed E-state index contributed by atoms with van der Waals surface area (Å²) >= 11 is 0. The highest BCUT2D eigenvalue weighted by molar-refractivity contribution is 5.69. The Balaban J connectivity index is 3.74. The van der Waals surface area contributed by atoms with Gasteiger partial charge in [-0.1, -0.05) is 19.9 Å². The summed E-state index contributed by atoms with van der Waals surface area (Å²) in [6.45, 7) is 7.92. The molecule has 0 saturated heterocycles. The summed E-state index contributed by atoms with van der Waals surface area (Å²) in [6, 6.07) is 0. The van der Waals surface area contributed by atoms with Crippen LogP contribution in [0.25, 0.3) is 0 Å². The molecule has 2 nitrogen and oxygen atoms in total. The molecule has 0 aliphatic carbocycles. The second kappa shape index (κ2) is 4.96. The minimum atomic E-state index is -0.132. The molecule has 0 aliphatic rings. The van der Waals surface area contributed by atoms with Gasteiger partial charge in [0.05, 0.1) is 7.11 Å². The Morgan fingerprint density at radius 2 is 2.17 bits per heavy atom. The Morgan fingerprint density at radius 1 is 1.58 bits per heavy atom. The van der Waals surface area contributed by atoms with Crippen LogP contribution >= 0.6 is 0 Å². The monoisotopic (exact) mass is 170 g/mol. The van der Waals surface area contributed by atoms with Gasteiger partial charge in [0, 0.05) is 6.42 Å². The topological polar surface area (TPSA) is 26.3 Å². The zero-order valence-corrected chi connectivity index (χ0v) is 8.22. The maximum absolute atomic E-state index is 10.8. The number of ether oxygens (including phenoxy) is 1. The predicted octanol–water partition coefficient (Wildman–Crippen LogP) is 2.54. The molecule has 70 valence electrons. The number of methoxy groups -OCH3 is 1. The van der Waals surface area contributed by atoms with Gasteiger partial charge in [0.1, 0.15) is 0 Å². The fourth-order valence-electron chi connectivity index (χ4n) is 1.04. The second-order valence-corrected chi connectivity index (χ2v) is 3.73. The van der Waals surface area contributed by atoms with Crippen molar-refractivity contribution in [1.82, 2.24) is 0 Å². The minimum Gasteiger partial charge on any atom is -0.469 e. The number of carbonyl (C=O) groups is 1. The van der Waals surface area contributed by atoms with Crippen LogP contribution in [0.1, 0.15) is 33.1 Å². The first kappa shape index (κ1) is 11.2. The average Bonchev–Trinajstić information content (AvgIpc) is 2.00. The van der Waals surface area contributed by atoms with Gasteiger partial charge in [-0.3, -0.25) is 4.79 Å². The lowest BCUT2D eigenvalue weighted by Crippen LogP contribution is -2.13. The molecule has 0 N–H and O–H groups in total. The van der Waals surface area contributed by atoms with Gasteiger partial charge < -0.3 is 4.74 Å². The summed E-state index contributed by atoms with van der Waals surface area (Å²) in [5, 5.41) is 0. The lowest BCUT2D eigenvalue weighted by Gasteiger charge is -2.21. The highest BCUT2D eigenvalue weighted by Gasteiger charge is 2.17. The van der Waals surface area contributed by atoms with E-state index in [1.54, 1.807) is 0 Å². The van der Waals surface area contributed by atoms with E-state index in [9.17, 15) is 4.79 Å². The number of rotatable bonds is 5. The Morgan fingerprint density at radius 3 is 2.58 bits per heavy atom. The lowest BCUT2D eigenvalue weighted by atomic mass is 9.84. The van der Waals surface area contributed by atoms with E-state index in [2.05, 4.69) is 25.2 Å². The molecular formula is C10H18O2. The van der Waals surface area contributed by atoms with Crippen molar-refractivity contribution in [2.75, 3.05) is 7.11 Å². The van der Waals surface area contributed by atoms with Gasteiger partial charge in [-0.05, 0) is 18.3 Å². The molecule has 0 amide bonds. The van der Waals surface area contributed by atoms with Crippen LogP contribution in [0.2, 0.25) is 0 Å². The van der Waals surface area contributed by atoms with E-state index in [0.717, 1.165) is 12.8 Å². The normalized spacial score (nSPS) is 10.9.